The molecular weight excluding hydrogens is 1680 g/mol. The lowest BCUT2D eigenvalue weighted by Gasteiger charge is -2.61. The summed E-state index contributed by atoms with van der Waals surface area (Å²) in [6.45, 7) is 0. The highest BCUT2D eigenvalue weighted by molar-refractivity contribution is 7.25. The minimum absolute atomic E-state index is 0.129. The summed E-state index contributed by atoms with van der Waals surface area (Å²) in [6, 6.07) is 149. The summed E-state index contributed by atoms with van der Waals surface area (Å²) in [4.78, 5) is 7.60. The number of rotatable bonds is 10. The molecule has 12 fully saturated rings. The van der Waals surface area contributed by atoms with Crippen molar-refractivity contribution in [1.29, 1.82) is 0 Å². The Morgan fingerprint density at radius 2 is 0.504 bits per heavy atom. The summed E-state index contributed by atoms with van der Waals surface area (Å²) in [6.07, 6.45) is 21.2. The number of anilines is 9. The Hall–Kier alpha value is -13.8. The van der Waals surface area contributed by atoms with Crippen LogP contribution in [0.3, 0.4) is 0 Å². The topological polar surface area (TPSA) is 22.9 Å². The van der Waals surface area contributed by atoms with Crippen LogP contribution in [-0.4, -0.2) is 0 Å². The first-order valence-corrected chi connectivity index (χ1v) is 52.1. The Morgan fingerprint density at radius 3 is 0.949 bits per heavy atom. The number of furan rings is 1. The third kappa shape index (κ3) is 11.8. The highest BCUT2D eigenvalue weighted by atomic mass is 32.1. The van der Waals surface area contributed by atoms with Gasteiger partial charge in [-0.15, -0.1) is 11.3 Å². The zero-order valence-electron chi connectivity index (χ0n) is 77.2. The first-order valence-electron chi connectivity index (χ1n) is 51.3. The van der Waals surface area contributed by atoms with E-state index in [0.717, 1.165) is 98.6 Å². The van der Waals surface area contributed by atoms with Crippen LogP contribution in [0.2, 0.25) is 0 Å². The molecule has 2 aromatic heterocycles. The fourth-order valence-electron chi connectivity index (χ4n) is 32.5. The minimum Gasteiger partial charge on any atom is -0.456 e. The standard InChI is InChI=1S/C44H35NO.C44H35NS.C44H37N/c2*1-2-10-34-29(8-1)9-7-14-41(34)45(32-17-19-43-38(25-32)37-12-4-6-15-42(37)46-43)33-16-18-36-35-11-3-5-13-39(35)44(40(36)26-33)30-21-27-20-28(23-30)24-31(44)22-27;1-2-10-31(11-3-1)33-14-8-15-36(27-33)45(43-19-9-13-32-12-4-5-16-38(32)43)37-20-21-40-39-17-6-7-18-41(39)44(42(40)28-37)34-23-29-22-30(25-34)26-35(44)24-29/h2*1-19,25-28,30-31H,20-24H2;1-21,27-30,34-35H,22-26H2. The molecule has 662 valence electrons. The molecule has 0 amide bonds. The van der Waals surface area contributed by atoms with Gasteiger partial charge in [-0.05, 0) is 377 Å². The maximum absolute atomic E-state index is 6.28. The second kappa shape index (κ2) is 30.6. The fourth-order valence-corrected chi connectivity index (χ4v) is 33.6. The van der Waals surface area contributed by atoms with Gasteiger partial charge < -0.3 is 19.1 Å². The number of fused-ring (bicyclic) bond motifs is 18. The van der Waals surface area contributed by atoms with E-state index < -0.39 is 0 Å². The van der Waals surface area contributed by atoms with Crippen LogP contribution in [0.5, 0.6) is 0 Å². The number of thiophene rings is 1. The van der Waals surface area contributed by atoms with Gasteiger partial charge in [0, 0.05) is 97.5 Å². The molecule has 12 bridgehead atoms. The van der Waals surface area contributed by atoms with E-state index in [1.165, 1.54) is 239 Å². The first-order chi connectivity index (χ1) is 67.8. The van der Waals surface area contributed by atoms with Gasteiger partial charge in [0.15, 0.2) is 0 Å². The number of benzene rings is 18. The lowest BCUT2D eigenvalue weighted by atomic mass is 9.43. The Labute approximate surface area is 805 Å². The summed E-state index contributed by atoms with van der Waals surface area (Å²) in [5, 5.41) is 12.6. The maximum atomic E-state index is 6.28. The quantitative estimate of drug-likeness (QED) is 0.136. The van der Waals surface area contributed by atoms with E-state index in [0.29, 0.717) is 0 Å². The fraction of sp³-hybridized carbons (Fsp3) is 0.227. The van der Waals surface area contributed by atoms with Gasteiger partial charge in [-0.25, -0.2) is 0 Å². The molecule has 15 aliphatic carbocycles. The first kappa shape index (κ1) is 79.4. The van der Waals surface area contributed by atoms with Gasteiger partial charge in [0.05, 0.1) is 17.1 Å². The summed E-state index contributed by atoms with van der Waals surface area (Å²) in [5.74, 6) is 10.1. The van der Waals surface area contributed by atoms with Crippen LogP contribution >= 0.6 is 11.3 Å². The highest BCUT2D eigenvalue weighted by Gasteiger charge is 2.65. The maximum Gasteiger partial charge on any atom is 0.135 e. The van der Waals surface area contributed by atoms with Crippen LogP contribution in [0.15, 0.2) is 399 Å². The third-order valence-electron chi connectivity index (χ3n) is 36.9. The van der Waals surface area contributed by atoms with Crippen molar-refractivity contribution in [2.24, 2.45) is 71.0 Å². The van der Waals surface area contributed by atoms with Crippen LogP contribution in [0.1, 0.15) is 130 Å². The van der Waals surface area contributed by atoms with Crippen LogP contribution in [-0.2, 0) is 16.2 Å². The van der Waals surface area contributed by atoms with Gasteiger partial charge in [0.2, 0.25) is 0 Å². The normalized spacial score (nSPS) is 25.5. The molecule has 2 heterocycles. The predicted octanol–water partition coefficient (Wildman–Crippen LogP) is 36.0. The van der Waals surface area contributed by atoms with Gasteiger partial charge in [-0.2, -0.15) is 0 Å². The van der Waals surface area contributed by atoms with Gasteiger partial charge in [-0.3, -0.25) is 0 Å². The Balaban J connectivity index is 0.0000000973. The Morgan fingerprint density at radius 1 is 0.197 bits per heavy atom. The number of hydrogen-bond acceptors (Lipinski definition) is 5. The molecular formula is C132H107N3OS. The van der Waals surface area contributed by atoms with Crippen molar-refractivity contribution in [2.75, 3.05) is 14.7 Å². The van der Waals surface area contributed by atoms with Crippen molar-refractivity contribution in [1.82, 2.24) is 0 Å². The number of nitrogens with zero attached hydrogens (tertiary/aromatic N) is 3. The third-order valence-corrected chi connectivity index (χ3v) is 38.0. The average Bonchev–Trinajstić information content (AvgIpc) is 1.54. The van der Waals surface area contributed by atoms with Crippen molar-refractivity contribution in [2.45, 2.75) is 113 Å². The molecule has 15 aliphatic rings. The highest BCUT2D eigenvalue weighted by Crippen LogP contribution is 2.74. The smallest absolute Gasteiger partial charge is 0.135 e. The van der Waals surface area contributed by atoms with E-state index >= 15 is 0 Å². The molecule has 4 nitrogen and oxygen atoms in total. The molecule has 137 heavy (non-hydrogen) atoms. The van der Waals surface area contributed by atoms with Gasteiger partial charge in [0.1, 0.15) is 11.2 Å². The van der Waals surface area contributed by atoms with E-state index in [9.17, 15) is 0 Å². The largest absolute Gasteiger partial charge is 0.456 e. The SMILES string of the molecule is c1ccc(-c2cccc(N(c3ccc4c(c3)C3(c5ccccc5-4)C4CC5CC(C4)CC3C5)c3cccc4ccccc34)c2)cc1.c1ccc2c(c1)-c1ccc(N(c3ccc4oc5ccccc5c4c3)c3cccc4ccccc34)cc1C21C2CC3CC(C2)CC1C3.c1ccc2c(c1)-c1ccc(N(c3ccc4sc5ccccc5c4c3)c3cccc4ccccc34)cc1C21C2CC3CC(C2)CC1C3. The van der Waals surface area contributed by atoms with Gasteiger partial charge in [0.25, 0.3) is 0 Å². The average molecular weight is 1780 g/mol. The predicted molar refractivity (Wildman–Crippen MR) is 571 cm³/mol. The van der Waals surface area contributed by atoms with E-state index in [4.69, 9.17) is 4.42 Å². The second-order valence-corrected chi connectivity index (χ2v) is 44.4. The van der Waals surface area contributed by atoms with Crippen LogP contribution in [0.4, 0.5) is 51.2 Å². The lowest BCUT2D eigenvalue weighted by molar-refractivity contribution is -0.0399. The molecule has 0 aliphatic heterocycles. The zero-order chi connectivity index (χ0) is 89.5. The monoisotopic (exact) mass is 1780 g/mol. The van der Waals surface area contributed by atoms with Crippen molar-refractivity contribution in [3.8, 4) is 44.5 Å². The minimum atomic E-state index is 0.129. The summed E-state index contributed by atoms with van der Waals surface area (Å²) in [5.41, 5.74) is 34.3. The van der Waals surface area contributed by atoms with Crippen molar-refractivity contribution < 1.29 is 4.42 Å². The van der Waals surface area contributed by atoms with Crippen LogP contribution in [0, 0.1) is 71.0 Å². The molecule has 5 heteroatoms. The van der Waals surface area contributed by atoms with Crippen LogP contribution < -0.4 is 14.7 Å². The van der Waals surface area contributed by atoms with E-state index in [-0.39, 0.29) is 16.2 Å². The molecule has 20 aromatic rings. The molecule has 35 rings (SSSR count). The second-order valence-electron chi connectivity index (χ2n) is 43.3. The zero-order valence-corrected chi connectivity index (χ0v) is 78.0. The molecule has 0 atom stereocenters. The Bertz CT molecular complexity index is 7920. The van der Waals surface area contributed by atoms with Gasteiger partial charge in [-0.1, -0.05) is 279 Å². The van der Waals surface area contributed by atoms with Crippen molar-refractivity contribution in [3.05, 3.63) is 428 Å². The molecule has 3 spiro atoms. The summed E-state index contributed by atoms with van der Waals surface area (Å²) < 4.78 is 8.98. The summed E-state index contributed by atoms with van der Waals surface area (Å²) >= 11 is 1.89. The number of hydrogen-bond donors (Lipinski definition) is 0. The molecule has 12 saturated carbocycles. The van der Waals surface area contributed by atoms with E-state index in [1.807, 2.05) is 11.3 Å². The molecule has 0 saturated heterocycles. The van der Waals surface area contributed by atoms with Crippen molar-refractivity contribution >= 4 is 137 Å². The molecule has 0 radical (unpaired) electrons. The molecule has 0 N–H and O–H groups in total. The lowest BCUT2D eigenvalue weighted by Crippen LogP contribution is -2.55. The van der Waals surface area contributed by atoms with E-state index in [2.05, 4.69) is 409 Å². The molecule has 0 unspecified atom stereocenters. The number of para-hydroxylation sites is 1. The van der Waals surface area contributed by atoms with Gasteiger partial charge >= 0.3 is 0 Å². The molecule has 18 aromatic carbocycles. The van der Waals surface area contributed by atoms with E-state index in [1.54, 1.807) is 33.4 Å². The summed E-state index contributed by atoms with van der Waals surface area (Å²) in [7, 11) is 0. The van der Waals surface area contributed by atoms with Crippen molar-refractivity contribution in [3.63, 3.8) is 0 Å². The van der Waals surface area contributed by atoms with Crippen LogP contribution in [0.25, 0.3) is 119 Å². The Kier molecular flexibility index (Phi) is 17.7.